The highest BCUT2D eigenvalue weighted by Gasteiger charge is 2.19. The zero-order valence-corrected chi connectivity index (χ0v) is 11.2. The number of carbonyl (C=O) groups is 1. The zero-order chi connectivity index (χ0) is 13.4. The molecule has 0 atom stereocenters. The molecule has 7 heteroatoms. The van der Waals surface area contributed by atoms with Crippen molar-refractivity contribution in [3.8, 4) is 0 Å². The standard InChI is InChI=1S/C12H11N5OS/c1-7-14-16-12(19-7)17(2)11(18)8-4-3-5-10-9(8)6-13-15-10/h3-6H,1-2H3,(H,13,15). The van der Waals surface area contributed by atoms with Crippen LogP contribution >= 0.6 is 11.3 Å². The summed E-state index contributed by atoms with van der Waals surface area (Å²) in [6, 6.07) is 5.49. The molecule has 19 heavy (non-hydrogen) atoms. The van der Waals surface area contributed by atoms with Gasteiger partial charge in [-0.3, -0.25) is 14.8 Å². The maximum atomic E-state index is 12.5. The molecule has 1 N–H and O–H groups in total. The molecule has 96 valence electrons. The van der Waals surface area contributed by atoms with E-state index in [0.29, 0.717) is 10.7 Å². The molecule has 0 aliphatic carbocycles. The lowest BCUT2D eigenvalue weighted by Crippen LogP contribution is -2.26. The van der Waals surface area contributed by atoms with E-state index in [4.69, 9.17) is 0 Å². The summed E-state index contributed by atoms with van der Waals surface area (Å²) in [4.78, 5) is 14.0. The second-order valence-corrected chi connectivity index (χ2v) is 5.26. The zero-order valence-electron chi connectivity index (χ0n) is 10.4. The first-order chi connectivity index (χ1) is 9.16. The fourth-order valence-corrected chi connectivity index (χ4v) is 2.49. The molecular weight excluding hydrogens is 262 g/mol. The summed E-state index contributed by atoms with van der Waals surface area (Å²) in [6.07, 6.45) is 1.65. The van der Waals surface area contributed by atoms with Crippen LogP contribution in [0.5, 0.6) is 0 Å². The number of amides is 1. The Morgan fingerprint density at radius 1 is 1.37 bits per heavy atom. The van der Waals surface area contributed by atoms with E-state index in [-0.39, 0.29) is 5.91 Å². The highest BCUT2D eigenvalue weighted by molar-refractivity contribution is 7.15. The molecule has 0 spiro atoms. The third-order valence-corrected chi connectivity index (χ3v) is 3.74. The van der Waals surface area contributed by atoms with Gasteiger partial charge in [0.25, 0.3) is 5.91 Å². The minimum atomic E-state index is -0.122. The van der Waals surface area contributed by atoms with Crippen LogP contribution < -0.4 is 4.90 Å². The molecule has 6 nitrogen and oxygen atoms in total. The molecule has 0 bridgehead atoms. The number of fused-ring (bicyclic) bond motifs is 1. The van der Waals surface area contributed by atoms with Crippen LogP contribution in [0.2, 0.25) is 0 Å². The number of carbonyl (C=O) groups excluding carboxylic acids is 1. The van der Waals surface area contributed by atoms with Crippen LogP contribution in [0.1, 0.15) is 15.4 Å². The molecule has 3 rings (SSSR count). The average Bonchev–Trinajstić information content (AvgIpc) is 3.04. The number of anilines is 1. The number of aryl methyl sites for hydroxylation is 1. The van der Waals surface area contributed by atoms with Gasteiger partial charge in [0, 0.05) is 12.4 Å². The highest BCUT2D eigenvalue weighted by Crippen LogP contribution is 2.23. The van der Waals surface area contributed by atoms with Crippen molar-refractivity contribution in [3.05, 3.63) is 35.0 Å². The Labute approximate surface area is 113 Å². The number of nitrogens with one attached hydrogen (secondary N) is 1. The van der Waals surface area contributed by atoms with Crippen molar-refractivity contribution in [3.63, 3.8) is 0 Å². The van der Waals surface area contributed by atoms with Gasteiger partial charge in [-0.25, -0.2) is 0 Å². The highest BCUT2D eigenvalue weighted by atomic mass is 32.1. The molecule has 1 aromatic carbocycles. The van der Waals surface area contributed by atoms with Crippen molar-refractivity contribution in [2.24, 2.45) is 0 Å². The van der Waals surface area contributed by atoms with Crippen LogP contribution in [0.15, 0.2) is 24.4 Å². The minimum Gasteiger partial charge on any atom is -0.286 e. The van der Waals surface area contributed by atoms with Crippen molar-refractivity contribution in [2.75, 3.05) is 11.9 Å². The molecule has 3 aromatic rings. The van der Waals surface area contributed by atoms with Crippen molar-refractivity contribution in [1.29, 1.82) is 0 Å². The smallest absolute Gasteiger partial charge is 0.260 e. The topological polar surface area (TPSA) is 74.8 Å². The van der Waals surface area contributed by atoms with E-state index in [1.807, 2.05) is 19.1 Å². The molecule has 2 aromatic heterocycles. The van der Waals surface area contributed by atoms with Crippen molar-refractivity contribution < 1.29 is 4.79 Å². The predicted octanol–water partition coefficient (Wildman–Crippen LogP) is 2.00. The Hall–Kier alpha value is -2.28. The number of nitrogens with zero attached hydrogens (tertiary/aromatic N) is 4. The van der Waals surface area contributed by atoms with Gasteiger partial charge < -0.3 is 0 Å². The van der Waals surface area contributed by atoms with Gasteiger partial charge in [-0.15, -0.1) is 10.2 Å². The van der Waals surface area contributed by atoms with Gasteiger partial charge in [-0.1, -0.05) is 17.4 Å². The number of hydrogen-bond acceptors (Lipinski definition) is 5. The number of hydrogen-bond donors (Lipinski definition) is 1. The second kappa shape index (κ2) is 4.43. The molecular formula is C12H11N5OS. The van der Waals surface area contributed by atoms with Gasteiger partial charge in [0.1, 0.15) is 5.01 Å². The Bertz CT molecular complexity index is 747. The van der Waals surface area contributed by atoms with Crippen molar-refractivity contribution in [1.82, 2.24) is 20.4 Å². The predicted molar refractivity (Wildman–Crippen MR) is 73.5 cm³/mol. The molecule has 0 saturated carbocycles. The van der Waals surface area contributed by atoms with E-state index < -0.39 is 0 Å². The average molecular weight is 273 g/mol. The quantitative estimate of drug-likeness (QED) is 0.775. The van der Waals surface area contributed by atoms with E-state index >= 15 is 0 Å². The molecule has 0 unspecified atom stereocenters. The normalized spacial score (nSPS) is 10.8. The molecule has 1 amide bonds. The van der Waals surface area contributed by atoms with Gasteiger partial charge in [-0.05, 0) is 19.1 Å². The van der Waals surface area contributed by atoms with Gasteiger partial charge in [0.05, 0.1) is 17.3 Å². The summed E-state index contributed by atoms with van der Waals surface area (Å²) in [5.74, 6) is -0.122. The summed E-state index contributed by atoms with van der Waals surface area (Å²) < 4.78 is 0. The Kier molecular flexibility index (Phi) is 2.75. The van der Waals surface area contributed by atoms with Gasteiger partial charge in [0.2, 0.25) is 5.13 Å². The molecule has 0 radical (unpaired) electrons. The monoisotopic (exact) mass is 273 g/mol. The first-order valence-electron chi connectivity index (χ1n) is 5.67. The number of aromatic amines is 1. The van der Waals surface area contributed by atoms with Gasteiger partial charge >= 0.3 is 0 Å². The number of rotatable bonds is 2. The lowest BCUT2D eigenvalue weighted by molar-refractivity contribution is 0.0994. The van der Waals surface area contributed by atoms with Crippen LogP contribution in [-0.4, -0.2) is 33.3 Å². The van der Waals surface area contributed by atoms with E-state index in [2.05, 4.69) is 20.4 Å². The summed E-state index contributed by atoms with van der Waals surface area (Å²) >= 11 is 1.39. The summed E-state index contributed by atoms with van der Waals surface area (Å²) in [7, 11) is 1.70. The van der Waals surface area contributed by atoms with Gasteiger partial charge in [0.15, 0.2) is 0 Å². The Balaban J connectivity index is 2.02. The second-order valence-electron chi connectivity index (χ2n) is 4.10. The van der Waals surface area contributed by atoms with Crippen LogP contribution in [-0.2, 0) is 0 Å². The van der Waals surface area contributed by atoms with E-state index in [9.17, 15) is 4.79 Å². The lowest BCUT2D eigenvalue weighted by atomic mass is 10.1. The Morgan fingerprint density at radius 3 is 2.95 bits per heavy atom. The minimum absolute atomic E-state index is 0.122. The van der Waals surface area contributed by atoms with Gasteiger partial charge in [-0.2, -0.15) is 5.10 Å². The third kappa shape index (κ3) is 1.97. The van der Waals surface area contributed by atoms with E-state index in [1.165, 1.54) is 16.2 Å². The van der Waals surface area contributed by atoms with Crippen LogP contribution in [0.3, 0.4) is 0 Å². The van der Waals surface area contributed by atoms with Crippen molar-refractivity contribution in [2.45, 2.75) is 6.92 Å². The Morgan fingerprint density at radius 2 is 2.21 bits per heavy atom. The first kappa shape index (κ1) is 11.8. The molecule has 2 heterocycles. The largest absolute Gasteiger partial charge is 0.286 e. The SMILES string of the molecule is Cc1nnc(N(C)C(=O)c2cccc3[nH]ncc23)s1. The molecule has 0 aliphatic rings. The maximum Gasteiger partial charge on any atom is 0.260 e. The maximum absolute atomic E-state index is 12.5. The summed E-state index contributed by atoms with van der Waals surface area (Å²) in [5, 5.41) is 16.9. The van der Waals surface area contributed by atoms with Crippen LogP contribution in [0.4, 0.5) is 5.13 Å². The first-order valence-corrected chi connectivity index (χ1v) is 6.49. The summed E-state index contributed by atoms with van der Waals surface area (Å²) in [6.45, 7) is 1.86. The molecule has 0 saturated heterocycles. The fourth-order valence-electron chi connectivity index (χ4n) is 1.84. The molecule has 0 aliphatic heterocycles. The van der Waals surface area contributed by atoms with E-state index in [1.54, 1.807) is 19.3 Å². The molecule has 0 fully saturated rings. The van der Waals surface area contributed by atoms with E-state index in [0.717, 1.165) is 15.9 Å². The van der Waals surface area contributed by atoms with Crippen molar-refractivity contribution >= 4 is 33.3 Å². The third-order valence-electron chi connectivity index (χ3n) is 2.82. The lowest BCUT2D eigenvalue weighted by Gasteiger charge is -2.13. The van der Waals surface area contributed by atoms with Crippen LogP contribution in [0, 0.1) is 6.92 Å². The summed E-state index contributed by atoms with van der Waals surface area (Å²) in [5.41, 5.74) is 1.44. The fraction of sp³-hybridized carbons (Fsp3) is 0.167. The number of H-pyrrole nitrogens is 1. The van der Waals surface area contributed by atoms with Crippen LogP contribution in [0.25, 0.3) is 10.9 Å². The number of benzene rings is 1. The number of aromatic nitrogens is 4.